The number of benzene rings is 2. The minimum absolute atomic E-state index is 0.221. The fraction of sp³-hybridized carbons (Fsp3) is 0.167. The molecule has 0 spiro atoms. The maximum Gasteiger partial charge on any atom is 0.248 e. The molecule has 118 valence electrons. The first kappa shape index (κ1) is 15.0. The topological polar surface area (TPSA) is 73.6 Å². The van der Waals surface area contributed by atoms with Gasteiger partial charge < -0.3 is 20.5 Å². The Morgan fingerprint density at radius 2 is 1.91 bits per heavy atom. The number of nitrogens with two attached hydrogens (primary N) is 1. The summed E-state index contributed by atoms with van der Waals surface area (Å²) in [5, 5.41) is 2.80. The van der Waals surface area contributed by atoms with Crippen LogP contribution in [-0.4, -0.2) is 19.1 Å². The fourth-order valence-corrected chi connectivity index (χ4v) is 2.24. The molecule has 0 atom stereocenters. The lowest BCUT2D eigenvalue weighted by molar-refractivity contribution is -0.111. The number of ether oxygens (including phenoxy) is 2. The van der Waals surface area contributed by atoms with Gasteiger partial charge in [-0.05, 0) is 42.3 Å². The van der Waals surface area contributed by atoms with Crippen molar-refractivity contribution in [3.8, 4) is 11.5 Å². The second-order valence-electron chi connectivity index (χ2n) is 5.30. The first-order chi connectivity index (χ1) is 11.1. The van der Waals surface area contributed by atoms with Crippen LogP contribution in [0.4, 0.5) is 11.4 Å². The summed E-state index contributed by atoms with van der Waals surface area (Å²) in [4.78, 5) is 12.0. The number of carbonyl (C=O) groups excluding carboxylic acids is 1. The van der Waals surface area contributed by atoms with Gasteiger partial charge in [0.2, 0.25) is 5.91 Å². The normalized spacial score (nSPS) is 13.1. The summed E-state index contributed by atoms with van der Waals surface area (Å²) in [7, 11) is 0. The molecule has 5 nitrogen and oxygen atoms in total. The molecule has 1 aliphatic heterocycles. The van der Waals surface area contributed by atoms with E-state index in [9.17, 15) is 4.79 Å². The van der Waals surface area contributed by atoms with Crippen molar-refractivity contribution in [2.75, 3.05) is 24.3 Å². The predicted molar refractivity (Wildman–Crippen MR) is 90.7 cm³/mol. The Kier molecular flexibility index (Phi) is 4.19. The molecule has 1 aliphatic rings. The van der Waals surface area contributed by atoms with E-state index in [-0.39, 0.29) is 5.91 Å². The van der Waals surface area contributed by atoms with Crippen molar-refractivity contribution < 1.29 is 14.3 Å². The van der Waals surface area contributed by atoms with Crippen LogP contribution >= 0.6 is 0 Å². The van der Waals surface area contributed by atoms with Gasteiger partial charge in [0.1, 0.15) is 13.2 Å². The average Bonchev–Trinajstić information content (AvgIpc) is 2.56. The predicted octanol–water partition coefficient (Wildman–Crippen LogP) is 3.00. The molecule has 1 heterocycles. The molecule has 3 rings (SSSR count). The highest BCUT2D eigenvalue weighted by Crippen LogP contribution is 2.32. The van der Waals surface area contributed by atoms with Crippen LogP contribution in [-0.2, 0) is 4.79 Å². The number of anilines is 2. The van der Waals surface area contributed by atoms with Crippen molar-refractivity contribution in [3.05, 3.63) is 53.6 Å². The van der Waals surface area contributed by atoms with Crippen LogP contribution in [0.25, 0.3) is 6.08 Å². The molecule has 0 aliphatic carbocycles. The van der Waals surface area contributed by atoms with Crippen molar-refractivity contribution in [3.63, 3.8) is 0 Å². The zero-order chi connectivity index (χ0) is 16.2. The van der Waals surface area contributed by atoms with Gasteiger partial charge >= 0.3 is 0 Å². The Morgan fingerprint density at radius 3 is 2.70 bits per heavy atom. The molecule has 1 amide bonds. The monoisotopic (exact) mass is 310 g/mol. The van der Waals surface area contributed by atoms with Crippen LogP contribution in [0.15, 0.2) is 42.5 Å². The van der Waals surface area contributed by atoms with E-state index < -0.39 is 0 Å². The lowest BCUT2D eigenvalue weighted by Crippen LogP contribution is -2.16. The van der Waals surface area contributed by atoms with Crippen LogP contribution in [0.3, 0.4) is 0 Å². The number of nitrogen functional groups attached to an aromatic ring is 1. The minimum atomic E-state index is -0.221. The SMILES string of the molecule is Cc1ccc(/C=C/C(=O)Nc2ccc3c(c2)OCCO3)cc1N. The zero-order valence-corrected chi connectivity index (χ0v) is 12.8. The average molecular weight is 310 g/mol. The van der Waals surface area contributed by atoms with E-state index in [1.807, 2.05) is 25.1 Å². The molecule has 0 fully saturated rings. The van der Waals surface area contributed by atoms with Gasteiger partial charge in [0.15, 0.2) is 11.5 Å². The molecular formula is C18H18N2O3. The van der Waals surface area contributed by atoms with Crippen molar-refractivity contribution in [1.29, 1.82) is 0 Å². The third kappa shape index (κ3) is 3.63. The van der Waals surface area contributed by atoms with E-state index in [2.05, 4.69) is 5.32 Å². The summed E-state index contributed by atoms with van der Waals surface area (Å²) >= 11 is 0. The Balaban J connectivity index is 1.67. The Hall–Kier alpha value is -2.95. The van der Waals surface area contributed by atoms with Crippen LogP contribution in [0.1, 0.15) is 11.1 Å². The summed E-state index contributed by atoms with van der Waals surface area (Å²) in [5.41, 5.74) is 9.12. The van der Waals surface area contributed by atoms with Gasteiger partial charge in [0.05, 0.1) is 0 Å². The number of rotatable bonds is 3. The third-order valence-electron chi connectivity index (χ3n) is 3.54. The maximum absolute atomic E-state index is 12.0. The summed E-state index contributed by atoms with van der Waals surface area (Å²) in [6.07, 6.45) is 3.20. The quantitative estimate of drug-likeness (QED) is 0.675. The maximum atomic E-state index is 12.0. The second kappa shape index (κ2) is 6.44. The smallest absolute Gasteiger partial charge is 0.248 e. The van der Waals surface area contributed by atoms with Crippen molar-refractivity contribution in [2.45, 2.75) is 6.92 Å². The number of amides is 1. The molecule has 3 N–H and O–H groups in total. The highest BCUT2D eigenvalue weighted by Gasteiger charge is 2.12. The molecule has 5 heteroatoms. The van der Waals surface area contributed by atoms with Crippen LogP contribution in [0, 0.1) is 6.92 Å². The molecule has 0 bridgehead atoms. The van der Waals surface area contributed by atoms with E-state index >= 15 is 0 Å². The number of hydrogen-bond donors (Lipinski definition) is 2. The zero-order valence-electron chi connectivity index (χ0n) is 12.8. The molecule has 23 heavy (non-hydrogen) atoms. The van der Waals surface area contributed by atoms with E-state index in [1.165, 1.54) is 6.08 Å². The van der Waals surface area contributed by atoms with Crippen LogP contribution < -0.4 is 20.5 Å². The van der Waals surface area contributed by atoms with Crippen LogP contribution in [0.5, 0.6) is 11.5 Å². The van der Waals surface area contributed by atoms with Gasteiger partial charge in [-0.2, -0.15) is 0 Å². The molecule has 0 saturated carbocycles. The standard InChI is InChI=1S/C18H18N2O3/c1-12-2-3-13(10-15(12)19)4-7-18(21)20-14-5-6-16-17(11-14)23-9-8-22-16/h2-7,10-11H,8-9,19H2,1H3,(H,20,21)/b7-4+. The van der Waals surface area contributed by atoms with Gasteiger partial charge in [-0.15, -0.1) is 0 Å². The van der Waals surface area contributed by atoms with Gasteiger partial charge in [-0.1, -0.05) is 12.1 Å². The number of nitrogens with one attached hydrogen (secondary N) is 1. The van der Waals surface area contributed by atoms with Gasteiger partial charge in [-0.25, -0.2) is 0 Å². The van der Waals surface area contributed by atoms with Gasteiger partial charge in [0.25, 0.3) is 0 Å². The van der Waals surface area contributed by atoms with E-state index in [0.29, 0.717) is 36.1 Å². The Bertz CT molecular complexity index is 769. The molecule has 0 aromatic heterocycles. The number of aryl methyl sites for hydroxylation is 1. The van der Waals surface area contributed by atoms with Crippen molar-refractivity contribution in [2.24, 2.45) is 0 Å². The lowest BCUT2D eigenvalue weighted by atomic mass is 10.1. The Labute approximate surface area is 134 Å². The van der Waals surface area contributed by atoms with E-state index in [4.69, 9.17) is 15.2 Å². The number of carbonyl (C=O) groups is 1. The minimum Gasteiger partial charge on any atom is -0.486 e. The first-order valence-electron chi connectivity index (χ1n) is 7.37. The van der Waals surface area contributed by atoms with Crippen molar-refractivity contribution >= 4 is 23.4 Å². The number of hydrogen-bond acceptors (Lipinski definition) is 4. The largest absolute Gasteiger partial charge is 0.486 e. The highest BCUT2D eigenvalue weighted by atomic mass is 16.6. The molecule has 0 unspecified atom stereocenters. The van der Waals surface area contributed by atoms with E-state index in [1.54, 1.807) is 24.3 Å². The van der Waals surface area contributed by atoms with Crippen molar-refractivity contribution in [1.82, 2.24) is 0 Å². The second-order valence-corrected chi connectivity index (χ2v) is 5.30. The molecule has 0 radical (unpaired) electrons. The van der Waals surface area contributed by atoms with Crippen LogP contribution in [0.2, 0.25) is 0 Å². The third-order valence-corrected chi connectivity index (χ3v) is 3.54. The lowest BCUT2D eigenvalue weighted by Gasteiger charge is -2.18. The Morgan fingerprint density at radius 1 is 1.13 bits per heavy atom. The molecule has 2 aromatic rings. The van der Waals surface area contributed by atoms with Gasteiger partial charge in [0, 0.05) is 23.5 Å². The van der Waals surface area contributed by atoms with E-state index in [0.717, 1.165) is 11.1 Å². The van der Waals surface area contributed by atoms with Gasteiger partial charge in [-0.3, -0.25) is 4.79 Å². The first-order valence-corrected chi connectivity index (χ1v) is 7.37. The fourth-order valence-electron chi connectivity index (χ4n) is 2.24. The summed E-state index contributed by atoms with van der Waals surface area (Å²) in [6.45, 7) is 3.00. The number of fused-ring (bicyclic) bond motifs is 1. The highest BCUT2D eigenvalue weighted by molar-refractivity contribution is 6.02. The summed E-state index contributed by atoms with van der Waals surface area (Å²) < 4.78 is 10.9. The summed E-state index contributed by atoms with van der Waals surface area (Å²) in [5.74, 6) is 1.12. The molecule has 2 aromatic carbocycles. The molecular weight excluding hydrogens is 292 g/mol. The summed E-state index contributed by atoms with van der Waals surface area (Å²) in [6, 6.07) is 11.0. The molecule has 0 saturated heterocycles.